The summed E-state index contributed by atoms with van der Waals surface area (Å²) < 4.78 is 11.2. The topological polar surface area (TPSA) is 76.2 Å². The van der Waals surface area contributed by atoms with Gasteiger partial charge in [0.2, 0.25) is 0 Å². The molecule has 3 rings (SSSR count). The summed E-state index contributed by atoms with van der Waals surface area (Å²) in [5.41, 5.74) is 0.634. The van der Waals surface area contributed by atoms with Gasteiger partial charge in [0.1, 0.15) is 17.9 Å². The highest BCUT2D eigenvalue weighted by atomic mass is 16.5. The molecule has 2 fully saturated rings. The number of likely N-dealkylation sites (N-methyl/N-ethyl adjacent to an activating group) is 2. The zero-order chi connectivity index (χ0) is 18.0. The molecule has 0 saturated carbocycles. The Bertz CT molecular complexity index is 693. The van der Waals surface area contributed by atoms with Crippen LogP contribution in [0.5, 0.6) is 5.75 Å². The molecular formula is C18H20N2O5. The molecule has 1 aromatic rings. The van der Waals surface area contributed by atoms with E-state index in [1.165, 1.54) is 20.2 Å². The third kappa shape index (κ3) is 3.56. The zero-order valence-corrected chi connectivity index (χ0v) is 14.2. The first-order valence-electron chi connectivity index (χ1n) is 8.13. The van der Waals surface area contributed by atoms with Crippen molar-refractivity contribution >= 4 is 23.9 Å². The lowest BCUT2D eigenvalue weighted by molar-refractivity contribution is -0.134. The molecule has 0 bridgehead atoms. The van der Waals surface area contributed by atoms with Crippen LogP contribution < -0.4 is 4.74 Å². The Kier molecular flexibility index (Phi) is 4.85. The molecule has 2 saturated heterocycles. The summed E-state index contributed by atoms with van der Waals surface area (Å²) >= 11 is 0. The largest absolute Gasteiger partial charge is 0.491 e. The van der Waals surface area contributed by atoms with E-state index in [2.05, 4.69) is 0 Å². The van der Waals surface area contributed by atoms with Crippen molar-refractivity contribution in [3.8, 4) is 5.75 Å². The number of urea groups is 1. The Morgan fingerprint density at radius 1 is 1.12 bits per heavy atom. The average Bonchev–Trinajstić information content (AvgIpc) is 3.15. The van der Waals surface area contributed by atoms with Crippen LogP contribution in [0.1, 0.15) is 18.4 Å². The van der Waals surface area contributed by atoms with Crippen molar-refractivity contribution in [1.82, 2.24) is 9.80 Å². The van der Waals surface area contributed by atoms with E-state index < -0.39 is 17.8 Å². The molecule has 0 N–H and O–H groups in total. The molecule has 1 atom stereocenters. The van der Waals surface area contributed by atoms with Crippen LogP contribution in [0.2, 0.25) is 0 Å². The van der Waals surface area contributed by atoms with E-state index in [1.54, 1.807) is 24.3 Å². The lowest BCUT2D eigenvalue weighted by Crippen LogP contribution is -2.52. The van der Waals surface area contributed by atoms with Gasteiger partial charge in [0, 0.05) is 20.7 Å². The molecule has 7 heteroatoms. The minimum Gasteiger partial charge on any atom is -0.491 e. The highest BCUT2D eigenvalue weighted by Gasteiger charge is 2.37. The molecule has 7 nitrogen and oxygen atoms in total. The number of hydrogen-bond acceptors (Lipinski definition) is 5. The molecule has 2 aliphatic rings. The lowest BCUT2D eigenvalue weighted by Gasteiger charge is -2.28. The van der Waals surface area contributed by atoms with Crippen molar-refractivity contribution in [2.24, 2.45) is 0 Å². The van der Waals surface area contributed by atoms with E-state index in [0.717, 1.165) is 29.2 Å². The Morgan fingerprint density at radius 3 is 2.32 bits per heavy atom. The number of carbonyl (C=O) groups is 3. The van der Waals surface area contributed by atoms with Crippen LogP contribution in [-0.2, 0) is 14.3 Å². The van der Waals surface area contributed by atoms with Crippen LogP contribution in [-0.4, -0.2) is 61.1 Å². The molecule has 0 unspecified atom stereocenters. The molecule has 0 aliphatic carbocycles. The number of nitrogens with zero attached hydrogens (tertiary/aromatic N) is 2. The van der Waals surface area contributed by atoms with Gasteiger partial charge in [-0.25, -0.2) is 4.79 Å². The van der Waals surface area contributed by atoms with Crippen LogP contribution >= 0.6 is 0 Å². The smallest absolute Gasteiger partial charge is 0.333 e. The summed E-state index contributed by atoms with van der Waals surface area (Å²) in [6.07, 6.45) is 3.69. The molecule has 0 aromatic heterocycles. The Morgan fingerprint density at radius 2 is 1.76 bits per heavy atom. The molecule has 2 aliphatic heterocycles. The van der Waals surface area contributed by atoms with Gasteiger partial charge >= 0.3 is 6.03 Å². The van der Waals surface area contributed by atoms with Gasteiger partial charge in [-0.2, -0.15) is 0 Å². The number of barbiturate groups is 1. The average molecular weight is 344 g/mol. The summed E-state index contributed by atoms with van der Waals surface area (Å²) in [4.78, 5) is 37.9. The van der Waals surface area contributed by atoms with Crippen LogP contribution in [0.15, 0.2) is 29.8 Å². The minimum absolute atomic E-state index is 0.0439. The van der Waals surface area contributed by atoms with Gasteiger partial charge < -0.3 is 9.47 Å². The fraction of sp³-hybridized carbons (Fsp3) is 0.389. The van der Waals surface area contributed by atoms with Crippen LogP contribution in [0, 0.1) is 0 Å². The van der Waals surface area contributed by atoms with Crippen molar-refractivity contribution in [3.63, 3.8) is 0 Å². The van der Waals surface area contributed by atoms with E-state index in [9.17, 15) is 14.4 Å². The molecule has 25 heavy (non-hydrogen) atoms. The first-order valence-corrected chi connectivity index (χ1v) is 8.13. The second kappa shape index (κ2) is 7.06. The van der Waals surface area contributed by atoms with Gasteiger partial charge in [0.05, 0.1) is 6.10 Å². The van der Waals surface area contributed by atoms with Crippen LogP contribution in [0.25, 0.3) is 6.08 Å². The number of amides is 4. The van der Waals surface area contributed by atoms with E-state index in [4.69, 9.17) is 9.47 Å². The molecule has 0 radical (unpaired) electrons. The van der Waals surface area contributed by atoms with Gasteiger partial charge in [0.25, 0.3) is 11.8 Å². The molecule has 1 aromatic carbocycles. The predicted octanol–water partition coefficient (Wildman–Crippen LogP) is 1.68. The van der Waals surface area contributed by atoms with Crippen molar-refractivity contribution in [3.05, 3.63) is 35.4 Å². The molecule has 2 heterocycles. The monoisotopic (exact) mass is 344 g/mol. The Labute approximate surface area is 145 Å². The number of ether oxygens (including phenoxy) is 2. The summed E-state index contributed by atoms with van der Waals surface area (Å²) in [5, 5.41) is 0. The summed E-state index contributed by atoms with van der Waals surface area (Å²) in [7, 11) is 2.70. The first kappa shape index (κ1) is 17.2. The molecule has 132 valence electrons. The first-order chi connectivity index (χ1) is 12.0. The highest BCUT2D eigenvalue weighted by molar-refractivity contribution is 6.30. The standard InChI is InChI=1S/C18H20N2O5/c1-19-16(21)15(17(22)20(2)18(19)23)10-12-5-7-13(8-6-12)25-11-14-4-3-9-24-14/h5-8,10,14H,3-4,9,11H2,1-2H3/t14-/m0/s1. The molecule has 4 amide bonds. The summed E-state index contributed by atoms with van der Waals surface area (Å²) in [6, 6.07) is 6.43. The van der Waals surface area contributed by atoms with Gasteiger partial charge in [0.15, 0.2) is 0 Å². The Balaban J connectivity index is 1.71. The fourth-order valence-electron chi connectivity index (χ4n) is 2.77. The van der Waals surface area contributed by atoms with E-state index >= 15 is 0 Å². The number of rotatable bonds is 4. The van der Waals surface area contributed by atoms with Gasteiger partial charge in [-0.3, -0.25) is 19.4 Å². The highest BCUT2D eigenvalue weighted by Crippen LogP contribution is 2.20. The molecular weight excluding hydrogens is 324 g/mol. The molecule has 0 spiro atoms. The number of carbonyl (C=O) groups excluding carboxylic acids is 3. The summed E-state index contributed by atoms with van der Waals surface area (Å²) in [6.45, 7) is 1.29. The van der Waals surface area contributed by atoms with E-state index in [1.807, 2.05) is 0 Å². The van der Waals surface area contributed by atoms with Gasteiger partial charge in [-0.15, -0.1) is 0 Å². The van der Waals surface area contributed by atoms with E-state index in [-0.39, 0.29) is 11.7 Å². The summed E-state index contributed by atoms with van der Waals surface area (Å²) in [5.74, 6) is -0.512. The fourth-order valence-corrected chi connectivity index (χ4v) is 2.77. The maximum Gasteiger partial charge on any atom is 0.333 e. The number of imide groups is 2. The SMILES string of the molecule is CN1C(=O)C(=Cc2ccc(OC[C@@H]3CCCO3)cc2)C(=O)N(C)C1=O. The number of hydrogen-bond donors (Lipinski definition) is 0. The van der Waals surface area contributed by atoms with Crippen molar-refractivity contribution < 1.29 is 23.9 Å². The third-order valence-electron chi connectivity index (χ3n) is 4.29. The lowest BCUT2D eigenvalue weighted by atomic mass is 10.1. The normalized spacial score (nSPS) is 21.1. The maximum absolute atomic E-state index is 12.2. The maximum atomic E-state index is 12.2. The quantitative estimate of drug-likeness (QED) is 0.613. The van der Waals surface area contributed by atoms with E-state index in [0.29, 0.717) is 17.9 Å². The second-order valence-corrected chi connectivity index (χ2v) is 6.08. The van der Waals surface area contributed by atoms with Crippen molar-refractivity contribution in [1.29, 1.82) is 0 Å². The third-order valence-corrected chi connectivity index (χ3v) is 4.29. The predicted molar refractivity (Wildman–Crippen MR) is 89.8 cm³/mol. The van der Waals surface area contributed by atoms with Crippen molar-refractivity contribution in [2.75, 3.05) is 27.3 Å². The van der Waals surface area contributed by atoms with Crippen molar-refractivity contribution in [2.45, 2.75) is 18.9 Å². The zero-order valence-electron chi connectivity index (χ0n) is 14.2. The van der Waals surface area contributed by atoms with Gasteiger partial charge in [-0.05, 0) is 36.6 Å². The van der Waals surface area contributed by atoms with Gasteiger partial charge in [-0.1, -0.05) is 12.1 Å². The van der Waals surface area contributed by atoms with Crippen LogP contribution in [0.3, 0.4) is 0 Å². The van der Waals surface area contributed by atoms with Crippen LogP contribution in [0.4, 0.5) is 4.79 Å². The number of benzene rings is 1. The second-order valence-electron chi connectivity index (χ2n) is 6.08. The Hall–Kier alpha value is -2.67. The minimum atomic E-state index is -0.634.